The second-order valence-corrected chi connectivity index (χ2v) is 6.51. The van der Waals surface area contributed by atoms with Gasteiger partial charge in [-0.25, -0.2) is 14.5 Å². The fraction of sp³-hybridized carbons (Fsp3) is 0.250. The first-order valence-electron chi connectivity index (χ1n) is 8.75. The first-order valence-corrected chi connectivity index (χ1v) is 8.75. The minimum Gasteiger partial charge on any atom is -0.449 e. The maximum atomic E-state index is 12.4. The summed E-state index contributed by atoms with van der Waals surface area (Å²) in [5.41, 5.74) is 1.59. The Morgan fingerprint density at radius 1 is 1.21 bits per heavy atom. The second-order valence-electron chi connectivity index (χ2n) is 6.51. The molecular weight excluding hydrogens is 358 g/mol. The lowest BCUT2D eigenvalue weighted by Crippen LogP contribution is -2.30. The van der Waals surface area contributed by atoms with Crippen molar-refractivity contribution in [2.75, 3.05) is 5.32 Å². The van der Waals surface area contributed by atoms with E-state index in [1.54, 1.807) is 41.2 Å². The number of carbonyl (C=O) groups excluding carboxylic acids is 2. The van der Waals surface area contributed by atoms with Gasteiger partial charge in [0.15, 0.2) is 11.8 Å². The molecule has 0 fully saturated rings. The zero-order valence-corrected chi connectivity index (χ0v) is 15.7. The molecule has 28 heavy (non-hydrogen) atoms. The smallest absolute Gasteiger partial charge is 0.340 e. The number of rotatable bonds is 5. The lowest BCUT2D eigenvalue weighted by atomic mass is 10.2. The van der Waals surface area contributed by atoms with Crippen LogP contribution < -0.4 is 5.32 Å². The Kier molecular flexibility index (Phi) is 5.36. The second kappa shape index (κ2) is 7.88. The molecule has 3 rings (SSSR count). The van der Waals surface area contributed by atoms with Crippen molar-refractivity contribution in [1.82, 2.24) is 14.8 Å². The molecule has 1 unspecified atom stereocenters. The normalized spacial score (nSPS) is 11.8. The van der Waals surface area contributed by atoms with Gasteiger partial charge in [0.25, 0.3) is 5.91 Å². The number of nitriles is 1. The van der Waals surface area contributed by atoms with Crippen molar-refractivity contribution in [3.8, 4) is 6.07 Å². The molecule has 0 radical (unpaired) electrons. The SMILES string of the molecule is CC(OC(=O)c1cnc2c(cnn2C(C)C)c1)C(=O)Nc1ccccc1C#N. The van der Waals surface area contributed by atoms with E-state index in [-0.39, 0.29) is 11.6 Å². The summed E-state index contributed by atoms with van der Waals surface area (Å²) in [4.78, 5) is 29.0. The highest BCUT2D eigenvalue weighted by Crippen LogP contribution is 2.18. The van der Waals surface area contributed by atoms with Crippen LogP contribution in [0, 0.1) is 11.3 Å². The van der Waals surface area contributed by atoms with E-state index < -0.39 is 18.0 Å². The zero-order valence-electron chi connectivity index (χ0n) is 15.7. The van der Waals surface area contributed by atoms with Crippen molar-refractivity contribution < 1.29 is 14.3 Å². The Morgan fingerprint density at radius 2 is 1.96 bits per heavy atom. The van der Waals surface area contributed by atoms with Crippen LogP contribution in [0.25, 0.3) is 11.0 Å². The molecule has 0 spiro atoms. The number of amides is 1. The van der Waals surface area contributed by atoms with Crippen molar-refractivity contribution in [2.24, 2.45) is 0 Å². The molecule has 1 aromatic carbocycles. The van der Waals surface area contributed by atoms with E-state index in [9.17, 15) is 9.59 Å². The summed E-state index contributed by atoms with van der Waals surface area (Å²) in [6.07, 6.45) is 1.99. The molecule has 1 amide bonds. The van der Waals surface area contributed by atoms with Gasteiger partial charge >= 0.3 is 5.97 Å². The van der Waals surface area contributed by atoms with Crippen LogP contribution in [-0.2, 0) is 9.53 Å². The topological polar surface area (TPSA) is 110 Å². The number of ether oxygens (including phenoxy) is 1. The van der Waals surface area contributed by atoms with Crippen LogP contribution in [0.5, 0.6) is 0 Å². The van der Waals surface area contributed by atoms with Crippen molar-refractivity contribution in [1.29, 1.82) is 5.26 Å². The maximum Gasteiger partial charge on any atom is 0.340 e. The Morgan fingerprint density at radius 3 is 2.68 bits per heavy atom. The van der Waals surface area contributed by atoms with Gasteiger partial charge in [-0.2, -0.15) is 10.4 Å². The van der Waals surface area contributed by atoms with E-state index in [0.29, 0.717) is 22.3 Å². The third-order valence-corrected chi connectivity index (χ3v) is 4.12. The first-order chi connectivity index (χ1) is 13.4. The monoisotopic (exact) mass is 377 g/mol. The van der Waals surface area contributed by atoms with Crippen LogP contribution >= 0.6 is 0 Å². The molecule has 2 aromatic heterocycles. The zero-order chi connectivity index (χ0) is 20.3. The summed E-state index contributed by atoms with van der Waals surface area (Å²) < 4.78 is 7.00. The number of esters is 1. The van der Waals surface area contributed by atoms with E-state index >= 15 is 0 Å². The number of hydrogen-bond acceptors (Lipinski definition) is 6. The maximum absolute atomic E-state index is 12.4. The molecule has 0 saturated carbocycles. The highest BCUT2D eigenvalue weighted by atomic mass is 16.5. The number of para-hydroxylation sites is 1. The predicted octanol–water partition coefficient (Wildman–Crippen LogP) is 3.07. The van der Waals surface area contributed by atoms with E-state index in [1.807, 2.05) is 19.9 Å². The van der Waals surface area contributed by atoms with Gasteiger partial charge in [-0.15, -0.1) is 0 Å². The molecule has 1 N–H and O–H groups in total. The fourth-order valence-electron chi connectivity index (χ4n) is 2.64. The van der Waals surface area contributed by atoms with E-state index in [1.165, 1.54) is 13.1 Å². The number of nitrogens with zero attached hydrogens (tertiary/aromatic N) is 4. The summed E-state index contributed by atoms with van der Waals surface area (Å²) in [7, 11) is 0. The van der Waals surface area contributed by atoms with Gasteiger partial charge in [-0.3, -0.25) is 4.79 Å². The third-order valence-electron chi connectivity index (χ3n) is 4.12. The van der Waals surface area contributed by atoms with E-state index in [0.717, 1.165) is 0 Å². The number of pyridine rings is 1. The Hall–Kier alpha value is -3.73. The van der Waals surface area contributed by atoms with Crippen molar-refractivity contribution in [3.05, 3.63) is 53.9 Å². The Labute approximate surface area is 161 Å². The number of aromatic nitrogens is 3. The molecule has 1 atom stereocenters. The van der Waals surface area contributed by atoms with Crippen molar-refractivity contribution in [2.45, 2.75) is 32.9 Å². The van der Waals surface area contributed by atoms with Crippen LogP contribution in [0.15, 0.2) is 42.7 Å². The number of hydrogen-bond donors (Lipinski definition) is 1. The average molecular weight is 377 g/mol. The molecule has 2 heterocycles. The minimum atomic E-state index is -1.05. The minimum absolute atomic E-state index is 0.141. The van der Waals surface area contributed by atoms with Gasteiger partial charge in [0.2, 0.25) is 0 Å². The van der Waals surface area contributed by atoms with E-state index in [4.69, 9.17) is 10.00 Å². The molecule has 0 aliphatic rings. The van der Waals surface area contributed by atoms with Crippen molar-refractivity contribution in [3.63, 3.8) is 0 Å². The number of carbonyl (C=O) groups is 2. The Balaban J connectivity index is 1.70. The third kappa shape index (κ3) is 3.83. The van der Waals surface area contributed by atoms with Gasteiger partial charge in [0.1, 0.15) is 6.07 Å². The summed E-state index contributed by atoms with van der Waals surface area (Å²) in [6, 6.07) is 10.4. The van der Waals surface area contributed by atoms with Crippen LogP contribution in [-0.4, -0.2) is 32.7 Å². The number of nitrogens with one attached hydrogen (secondary N) is 1. The van der Waals surface area contributed by atoms with Crippen LogP contribution in [0.1, 0.15) is 42.7 Å². The molecular formula is C20H19N5O3. The standard InChI is InChI=1S/C20H19N5O3/c1-12(2)25-18-15(11-23-25)8-16(10-22-18)20(27)28-13(3)19(26)24-17-7-5-4-6-14(17)9-21/h4-8,10-13H,1-3H3,(H,24,26). The van der Waals surface area contributed by atoms with Crippen LogP contribution in [0.2, 0.25) is 0 Å². The first kappa shape index (κ1) is 19.0. The lowest BCUT2D eigenvalue weighted by molar-refractivity contribution is -0.123. The van der Waals surface area contributed by atoms with Gasteiger partial charge in [0.05, 0.1) is 23.0 Å². The highest BCUT2D eigenvalue weighted by Gasteiger charge is 2.21. The lowest BCUT2D eigenvalue weighted by Gasteiger charge is -2.14. The number of anilines is 1. The quantitative estimate of drug-likeness (QED) is 0.684. The average Bonchev–Trinajstić information content (AvgIpc) is 3.11. The number of benzene rings is 1. The largest absolute Gasteiger partial charge is 0.449 e. The van der Waals surface area contributed by atoms with Gasteiger partial charge < -0.3 is 10.1 Å². The van der Waals surface area contributed by atoms with E-state index in [2.05, 4.69) is 15.4 Å². The summed E-state index contributed by atoms with van der Waals surface area (Å²) >= 11 is 0. The molecule has 142 valence electrons. The molecule has 0 bridgehead atoms. The highest BCUT2D eigenvalue weighted by molar-refractivity contribution is 5.98. The summed E-state index contributed by atoms with van der Waals surface area (Å²) in [5, 5.41) is 16.7. The number of fused-ring (bicyclic) bond motifs is 1. The van der Waals surface area contributed by atoms with Crippen LogP contribution in [0.4, 0.5) is 5.69 Å². The van der Waals surface area contributed by atoms with Crippen LogP contribution in [0.3, 0.4) is 0 Å². The van der Waals surface area contributed by atoms with Gasteiger partial charge in [-0.05, 0) is 39.0 Å². The predicted molar refractivity (Wildman–Crippen MR) is 103 cm³/mol. The van der Waals surface area contributed by atoms with Crippen molar-refractivity contribution >= 4 is 28.6 Å². The fourth-order valence-corrected chi connectivity index (χ4v) is 2.64. The molecule has 0 aliphatic heterocycles. The summed E-state index contributed by atoms with van der Waals surface area (Å²) in [6.45, 7) is 5.44. The molecule has 0 aliphatic carbocycles. The van der Waals surface area contributed by atoms with Gasteiger partial charge in [-0.1, -0.05) is 12.1 Å². The molecule has 3 aromatic rings. The molecule has 0 saturated heterocycles. The molecule has 8 nitrogen and oxygen atoms in total. The summed E-state index contributed by atoms with van der Waals surface area (Å²) in [5.74, 6) is -1.19. The van der Waals surface area contributed by atoms with Gasteiger partial charge in [0, 0.05) is 17.6 Å². The molecule has 8 heteroatoms. The Bertz CT molecular complexity index is 1080.